The molecule has 0 saturated carbocycles. The fourth-order valence-electron chi connectivity index (χ4n) is 1.80. The van der Waals surface area contributed by atoms with Gasteiger partial charge in [0.1, 0.15) is 5.75 Å². The van der Waals surface area contributed by atoms with Crippen LogP contribution in [0.5, 0.6) is 5.75 Å². The average molecular weight is 265 g/mol. The Morgan fingerprint density at radius 3 is 2.58 bits per heavy atom. The predicted octanol–water partition coefficient (Wildman–Crippen LogP) is 2.24. The smallest absolute Gasteiger partial charge is 0.387 e. The third kappa shape index (κ3) is 3.46. The van der Waals surface area contributed by atoms with Crippen molar-refractivity contribution >= 4 is 0 Å². The second-order valence-corrected chi connectivity index (χ2v) is 3.84. The molecule has 6 heteroatoms. The van der Waals surface area contributed by atoms with Crippen LogP contribution in [0.25, 0.3) is 0 Å². The largest absolute Gasteiger partial charge is 0.435 e. The van der Waals surface area contributed by atoms with Crippen molar-refractivity contribution < 1.29 is 13.5 Å². The Morgan fingerprint density at radius 1 is 1.16 bits per heavy atom. The lowest BCUT2D eigenvalue weighted by atomic mass is 10.0. The summed E-state index contributed by atoms with van der Waals surface area (Å²) < 4.78 is 28.7. The zero-order chi connectivity index (χ0) is 13.7. The van der Waals surface area contributed by atoms with Gasteiger partial charge in [-0.05, 0) is 29.3 Å². The van der Waals surface area contributed by atoms with Crippen molar-refractivity contribution in [2.24, 2.45) is 5.84 Å². The summed E-state index contributed by atoms with van der Waals surface area (Å²) in [5, 5.41) is 0. The highest BCUT2D eigenvalue weighted by Gasteiger charge is 2.14. The van der Waals surface area contributed by atoms with E-state index in [9.17, 15) is 8.78 Å². The van der Waals surface area contributed by atoms with E-state index in [0.717, 1.165) is 5.56 Å². The third-order valence-electron chi connectivity index (χ3n) is 2.60. The molecule has 2 rings (SSSR count). The summed E-state index contributed by atoms with van der Waals surface area (Å²) in [6, 6.07) is 9.67. The Morgan fingerprint density at radius 2 is 1.95 bits per heavy atom. The van der Waals surface area contributed by atoms with E-state index in [1.807, 2.05) is 6.07 Å². The number of hydrogen-bond acceptors (Lipinski definition) is 4. The molecule has 1 atom stereocenters. The standard InChI is InChI=1S/C13H13F2N3O/c14-13(15)19-11-5-1-3-9(7-11)12(18-16)10-4-2-6-17-8-10/h1-8,12-13,18H,16H2. The van der Waals surface area contributed by atoms with Gasteiger partial charge in [0.25, 0.3) is 0 Å². The monoisotopic (exact) mass is 265 g/mol. The maximum absolute atomic E-state index is 12.2. The number of rotatable bonds is 5. The van der Waals surface area contributed by atoms with Crippen LogP contribution in [0.2, 0.25) is 0 Å². The molecule has 0 aliphatic heterocycles. The van der Waals surface area contributed by atoms with Crippen LogP contribution in [0.4, 0.5) is 8.78 Å². The van der Waals surface area contributed by atoms with Crippen molar-refractivity contribution in [2.75, 3.05) is 0 Å². The highest BCUT2D eigenvalue weighted by Crippen LogP contribution is 2.24. The van der Waals surface area contributed by atoms with Crippen molar-refractivity contribution in [1.29, 1.82) is 0 Å². The number of pyridine rings is 1. The summed E-state index contributed by atoms with van der Waals surface area (Å²) in [4.78, 5) is 4.00. The minimum absolute atomic E-state index is 0.0941. The first-order valence-electron chi connectivity index (χ1n) is 5.61. The lowest BCUT2D eigenvalue weighted by Gasteiger charge is -2.17. The zero-order valence-corrected chi connectivity index (χ0v) is 9.96. The molecule has 0 saturated heterocycles. The van der Waals surface area contributed by atoms with Gasteiger partial charge < -0.3 is 4.74 Å². The van der Waals surface area contributed by atoms with Gasteiger partial charge in [-0.25, -0.2) is 5.43 Å². The molecule has 0 bridgehead atoms. The van der Waals surface area contributed by atoms with Crippen LogP contribution in [-0.4, -0.2) is 11.6 Å². The Labute approximate surface area is 109 Å². The third-order valence-corrected chi connectivity index (χ3v) is 2.60. The lowest BCUT2D eigenvalue weighted by Crippen LogP contribution is -2.28. The lowest BCUT2D eigenvalue weighted by molar-refractivity contribution is -0.0498. The van der Waals surface area contributed by atoms with Crippen LogP contribution < -0.4 is 16.0 Å². The Balaban J connectivity index is 2.28. The molecule has 19 heavy (non-hydrogen) atoms. The summed E-state index contributed by atoms with van der Waals surface area (Å²) in [7, 11) is 0. The zero-order valence-electron chi connectivity index (χ0n) is 9.96. The molecular formula is C13H13F2N3O. The van der Waals surface area contributed by atoms with Gasteiger partial charge in [-0.3, -0.25) is 10.8 Å². The number of alkyl halides is 2. The molecule has 0 amide bonds. The molecule has 0 radical (unpaired) electrons. The first-order chi connectivity index (χ1) is 9.20. The van der Waals surface area contributed by atoms with E-state index < -0.39 is 6.61 Å². The summed E-state index contributed by atoms with van der Waals surface area (Å²) >= 11 is 0. The van der Waals surface area contributed by atoms with Gasteiger partial charge in [0.2, 0.25) is 0 Å². The Hall–Kier alpha value is -2.05. The van der Waals surface area contributed by atoms with Crippen molar-refractivity contribution in [3.05, 3.63) is 59.9 Å². The van der Waals surface area contributed by atoms with Gasteiger partial charge in [-0.2, -0.15) is 8.78 Å². The normalized spacial score (nSPS) is 12.4. The molecule has 0 fully saturated rings. The number of halogens is 2. The number of hydrazine groups is 1. The molecule has 1 aromatic heterocycles. The molecule has 4 nitrogen and oxygen atoms in total. The topological polar surface area (TPSA) is 60.2 Å². The van der Waals surface area contributed by atoms with Crippen LogP contribution in [0.15, 0.2) is 48.8 Å². The number of nitrogens with two attached hydrogens (primary N) is 1. The van der Waals surface area contributed by atoms with Gasteiger partial charge in [0, 0.05) is 12.4 Å². The van der Waals surface area contributed by atoms with Gasteiger partial charge in [-0.15, -0.1) is 0 Å². The molecule has 0 aliphatic rings. The number of hydrogen-bond donors (Lipinski definition) is 2. The predicted molar refractivity (Wildman–Crippen MR) is 66.5 cm³/mol. The first-order valence-corrected chi connectivity index (χ1v) is 5.61. The maximum atomic E-state index is 12.2. The fourth-order valence-corrected chi connectivity index (χ4v) is 1.80. The van der Waals surface area contributed by atoms with E-state index >= 15 is 0 Å². The molecule has 100 valence electrons. The SMILES string of the molecule is NNC(c1cccnc1)c1cccc(OC(F)F)c1. The summed E-state index contributed by atoms with van der Waals surface area (Å²) in [5.41, 5.74) is 4.18. The van der Waals surface area contributed by atoms with Gasteiger partial charge in [-0.1, -0.05) is 18.2 Å². The Bertz CT molecular complexity index is 522. The van der Waals surface area contributed by atoms with E-state index in [1.165, 1.54) is 12.1 Å². The maximum Gasteiger partial charge on any atom is 0.387 e. The molecule has 3 N–H and O–H groups in total. The minimum Gasteiger partial charge on any atom is -0.435 e. The number of benzene rings is 1. The first kappa shape index (κ1) is 13.4. The van der Waals surface area contributed by atoms with E-state index in [2.05, 4.69) is 15.1 Å². The second kappa shape index (κ2) is 6.21. The molecular weight excluding hydrogens is 252 g/mol. The summed E-state index contributed by atoms with van der Waals surface area (Å²) in [6.07, 6.45) is 3.30. The molecule has 0 spiro atoms. The highest BCUT2D eigenvalue weighted by atomic mass is 19.3. The van der Waals surface area contributed by atoms with Crippen molar-refractivity contribution in [3.8, 4) is 5.75 Å². The van der Waals surface area contributed by atoms with Crippen molar-refractivity contribution in [2.45, 2.75) is 12.7 Å². The second-order valence-electron chi connectivity index (χ2n) is 3.84. The van der Waals surface area contributed by atoms with Gasteiger partial charge >= 0.3 is 6.61 Å². The average Bonchev–Trinajstić information content (AvgIpc) is 2.40. The van der Waals surface area contributed by atoms with Crippen LogP contribution in [0.3, 0.4) is 0 Å². The van der Waals surface area contributed by atoms with Gasteiger partial charge in [0.15, 0.2) is 0 Å². The van der Waals surface area contributed by atoms with E-state index in [1.54, 1.807) is 30.6 Å². The summed E-state index contributed by atoms with van der Waals surface area (Å²) in [6.45, 7) is -2.85. The number of nitrogens with zero attached hydrogens (tertiary/aromatic N) is 1. The number of aromatic nitrogens is 1. The van der Waals surface area contributed by atoms with Crippen molar-refractivity contribution in [1.82, 2.24) is 10.4 Å². The number of ether oxygens (including phenoxy) is 1. The van der Waals surface area contributed by atoms with Crippen LogP contribution in [-0.2, 0) is 0 Å². The minimum atomic E-state index is -2.85. The highest BCUT2D eigenvalue weighted by molar-refractivity contribution is 5.35. The van der Waals surface area contributed by atoms with Crippen LogP contribution in [0.1, 0.15) is 17.2 Å². The van der Waals surface area contributed by atoms with Crippen molar-refractivity contribution in [3.63, 3.8) is 0 Å². The van der Waals surface area contributed by atoms with Crippen LogP contribution in [0, 0.1) is 0 Å². The van der Waals surface area contributed by atoms with Gasteiger partial charge in [0.05, 0.1) is 6.04 Å². The Kier molecular flexibility index (Phi) is 4.38. The quantitative estimate of drug-likeness (QED) is 0.643. The van der Waals surface area contributed by atoms with Crippen LogP contribution >= 0.6 is 0 Å². The summed E-state index contributed by atoms with van der Waals surface area (Å²) in [5.74, 6) is 5.62. The van der Waals surface area contributed by atoms with E-state index in [0.29, 0.717) is 5.56 Å². The molecule has 1 aromatic carbocycles. The molecule has 1 unspecified atom stereocenters. The fraction of sp³-hybridized carbons (Fsp3) is 0.154. The molecule has 1 heterocycles. The van der Waals surface area contributed by atoms with E-state index in [4.69, 9.17) is 5.84 Å². The molecule has 0 aliphatic carbocycles. The number of nitrogens with one attached hydrogen (secondary N) is 1. The van der Waals surface area contributed by atoms with E-state index in [-0.39, 0.29) is 11.8 Å². The molecule has 2 aromatic rings.